The molecule has 2 aromatic rings. The molecule has 0 aliphatic rings. The summed E-state index contributed by atoms with van der Waals surface area (Å²) in [6.45, 7) is 0.508. The highest BCUT2D eigenvalue weighted by Gasteiger charge is 2.07. The van der Waals surface area contributed by atoms with Crippen molar-refractivity contribution >= 4 is 23.3 Å². The average Bonchev–Trinajstić information content (AvgIpc) is 2.92. The topological polar surface area (TPSA) is 63.5 Å². The average molecular weight is 295 g/mol. The number of carbonyl (C=O) groups is 1. The van der Waals surface area contributed by atoms with Crippen LogP contribution in [0.1, 0.15) is 5.56 Å². The van der Waals surface area contributed by atoms with Crippen molar-refractivity contribution in [3.05, 3.63) is 47.4 Å². The van der Waals surface area contributed by atoms with Crippen molar-refractivity contribution in [3.8, 4) is 5.75 Å². The molecule has 0 atom stereocenters. The van der Waals surface area contributed by atoms with E-state index >= 15 is 0 Å². The monoisotopic (exact) mass is 294 g/mol. The zero-order valence-electron chi connectivity index (χ0n) is 11.0. The summed E-state index contributed by atoms with van der Waals surface area (Å²) >= 11 is 5.89. The Kier molecular flexibility index (Phi) is 4.90. The second kappa shape index (κ2) is 6.86. The highest BCUT2D eigenvalue weighted by Crippen LogP contribution is 2.27. The first-order valence-corrected chi connectivity index (χ1v) is 6.46. The molecule has 0 bridgehead atoms. The lowest BCUT2D eigenvalue weighted by atomic mass is 10.2. The van der Waals surface area contributed by atoms with E-state index in [0.29, 0.717) is 29.4 Å². The van der Waals surface area contributed by atoms with Crippen LogP contribution in [0.3, 0.4) is 0 Å². The quantitative estimate of drug-likeness (QED) is 0.889. The highest BCUT2D eigenvalue weighted by atomic mass is 35.5. The Morgan fingerprint density at radius 1 is 1.40 bits per heavy atom. The molecule has 2 amide bonds. The SMILES string of the molecule is COc1ccc(Cl)cc1NC(=O)NCCc1ccoc1. The molecule has 0 aliphatic heterocycles. The fourth-order valence-corrected chi connectivity index (χ4v) is 1.87. The fourth-order valence-electron chi connectivity index (χ4n) is 1.70. The van der Waals surface area contributed by atoms with E-state index in [1.54, 1.807) is 30.7 Å². The van der Waals surface area contributed by atoms with Gasteiger partial charge in [-0.1, -0.05) is 11.6 Å². The number of hydrogen-bond donors (Lipinski definition) is 2. The van der Waals surface area contributed by atoms with Crippen LogP contribution in [0.4, 0.5) is 10.5 Å². The van der Waals surface area contributed by atoms with Crippen LogP contribution in [0.2, 0.25) is 5.02 Å². The summed E-state index contributed by atoms with van der Waals surface area (Å²) in [6.07, 6.45) is 3.96. The van der Waals surface area contributed by atoms with Crippen LogP contribution < -0.4 is 15.4 Å². The van der Waals surface area contributed by atoms with E-state index in [2.05, 4.69) is 10.6 Å². The van der Waals surface area contributed by atoms with Gasteiger partial charge >= 0.3 is 6.03 Å². The number of methoxy groups -OCH3 is 1. The first-order valence-electron chi connectivity index (χ1n) is 6.08. The molecule has 0 unspecified atom stereocenters. The zero-order valence-corrected chi connectivity index (χ0v) is 11.7. The summed E-state index contributed by atoms with van der Waals surface area (Å²) < 4.78 is 10.1. The van der Waals surface area contributed by atoms with E-state index in [-0.39, 0.29) is 6.03 Å². The number of ether oxygens (including phenoxy) is 1. The Morgan fingerprint density at radius 2 is 2.25 bits per heavy atom. The number of carbonyl (C=O) groups excluding carboxylic acids is 1. The molecule has 1 aromatic heterocycles. The molecule has 6 heteroatoms. The van der Waals surface area contributed by atoms with Gasteiger partial charge in [-0.3, -0.25) is 0 Å². The van der Waals surface area contributed by atoms with E-state index in [0.717, 1.165) is 5.56 Å². The minimum atomic E-state index is -0.311. The number of rotatable bonds is 5. The molecular weight excluding hydrogens is 280 g/mol. The maximum Gasteiger partial charge on any atom is 0.319 e. The summed E-state index contributed by atoms with van der Waals surface area (Å²) in [5.74, 6) is 0.555. The predicted octanol–water partition coefficient (Wildman–Crippen LogP) is 3.31. The maximum atomic E-state index is 11.8. The van der Waals surface area contributed by atoms with Crippen LogP contribution in [-0.4, -0.2) is 19.7 Å². The molecular formula is C14H15ClN2O3. The van der Waals surface area contributed by atoms with Gasteiger partial charge in [0.15, 0.2) is 0 Å². The maximum absolute atomic E-state index is 11.8. The van der Waals surface area contributed by atoms with Crippen LogP contribution in [0.15, 0.2) is 41.2 Å². The van der Waals surface area contributed by atoms with Gasteiger partial charge in [-0.05, 0) is 36.2 Å². The lowest BCUT2D eigenvalue weighted by Crippen LogP contribution is -2.30. The molecule has 0 fully saturated rings. The minimum Gasteiger partial charge on any atom is -0.495 e. The van der Waals surface area contributed by atoms with Crippen molar-refractivity contribution in [1.29, 1.82) is 0 Å². The Hall–Kier alpha value is -2.14. The molecule has 106 valence electrons. The third-order valence-electron chi connectivity index (χ3n) is 2.69. The van der Waals surface area contributed by atoms with Gasteiger partial charge in [0.05, 0.1) is 25.3 Å². The second-order valence-corrected chi connectivity index (χ2v) is 4.54. The molecule has 1 aromatic carbocycles. The first kappa shape index (κ1) is 14.3. The molecule has 0 spiro atoms. The van der Waals surface area contributed by atoms with Gasteiger partial charge in [0.25, 0.3) is 0 Å². The highest BCUT2D eigenvalue weighted by molar-refractivity contribution is 6.31. The van der Waals surface area contributed by atoms with Gasteiger partial charge in [0, 0.05) is 11.6 Å². The third-order valence-corrected chi connectivity index (χ3v) is 2.92. The molecule has 0 saturated carbocycles. The number of furan rings is 1. The summed E-state index contributed by atoms with van der Waals surface area (Å²) in [4.78, 5) is 11.8. The lowest BCUT2D eigenvalue weighted by molar-refractivity contribution is 0.252. The number of nitrogens with one attached hydrogen (secondary N) is 2. The smallest absolute Gasteiger partial charge is 0.319 e. The number of hydrogen-bond acceptors (Lipinski definition) is 3. The fraction of sp³-hybridized carbons (Fsp3) is 0.214. The molecule has 2 rings (SSSR count). The van der Waals surface area contributed by atoms with Crippen LogP contribution in [-0.2, 0) is 6.42 Å². The first-order chi connectivity index (χ1) is 9.69. The van der Waals surface area contributed by atoms with Gasteiger partial charge in [-0.2, -0.15) is 0 Å². The van der Waals surface area contributed by atoms with Crippen LogP contribution >= 0.6 is 11.6 Å². The molecule has 0 radical (unpaired) electrons. The van der Waals surface area contributed by atoms with Gasteiger partial charge in [0.2, 0.25) is 0 Å². The van der Waals surface area contributed by atoms with E-state index in [9.17, 15) is 4.79 Å². The normalized spacial score (nSPS) is 10.1. The molecule has 0 saturated heterocycles. The van der Waals surface area contributed by atoms with E-state index < -0.39 is 0 Å². The van der Waals surface area contributed by atoms with Crippen molar-refractivity contribution in [3.63, 3.8) is 0 Å². The summed E-state index contributed by atoms with van der Waals surface area (Å²) in [7, 11) is 1.53. The van der Waals surface area contributed by atoms with Gasteiger partial charge in [-0.25, -0.2) is 4.79 Å². The van der Waals surface area contributed by atoms with E-state index in [1.807, 2.05) is 6.07 Å². The molecule has 1 heterocycles. The van der Waals surface area contributed by atoms with Gasteiger partial charge in [-0.15, -0.1) is 0 Å². The van der Waals surface area contributed by atoms with Gasteiger partial charge in [0.1, 0.15) is 5.75 Å². The largest absolute Gasteiger partial charge is 0.495 e. The second-order valence-electron chi connectivity index (χ2n) is 4.11. The van der Waals surface area contributed by atoms with Crippen LogP contribution in [0.5, 0.6) is 5.75 Å². The van der Waals surface area contributed by atoms with Crippen molar-refractivity contribution in [2.45, 2.75) is 6.42 Å². The standard InChI is InChI=1S/C14H15ClN2O3/c1-19-13-3-2-11(15)8-12(13)17-14(18)16-6-4-10-5-7-20-9-10/h2-3,5,7-9H,4,6H2,1H3,(H2,16,17,18). The summed E-state index contributed by atoms with van der Waals surface area (Å²) in [6, 6.07) is 6.58. The third kappa shape index (κ3) is 3.93. The number of benzene rings is 1. The molecule has 5 nitrogen and oxygen atoms in total. The summed E-state index contributed by atoms with van der Waals surface area (Å²) in [5, 5.41) is 5.98. The van der Waals surface area contributed by atoms with E-state index in [4.69, 9.17) is 20.8 Å². The summed E-state index contributed by atoms with van der Waals surface area (Å²) in [5.41, 5.74) is 1.56. The number of urea groups is 1. The molecule has 20 heavy (non-hydrogen) atoms. The number of anilines is 1. The van der Waals surface area contributed by atoms with Crippen molar-refractivity contribution in [2.75, 3.05) is 19.0 Å². The number of halogens is 1. The number of amides is 2. The molecule has 2 N–H and O–H groups in total. The van der Waals surface area contributed by atoms with Crippen molar-refractivity contribution < 1.29 is 13.9 Å². The van der Waals surface area contributed by atoms with Crippen LogP contribution in [0.25, 0.3) is 0 Å². The van der Waals surface area contributed by atoms with Crippen molar-refractivity contribution in [2.24, 2.45) is 0 Å². The Labute approximate surface area is 121 Å². The predicted molar refractivity (Wildman–Crippen MR) is 77.4 cm³/mol. The minimum absolute atomic E-state index is 0.311. The van der Waals surface area contributed by atoms with Crippen molar-refractivity contribution in [1.82, 2.24) is 5.32 Å². The van der Waals surface area contributed by atoms with Crippen LogP contribution in [0, 0.1) is 0 Å². The Bertz CT molecular complexity index is 570. The Morgan fingerprint density at radius 3 is 2.95 bits per heavy atom. The van der Waals surface area contributed by atoms with E-state index in [1.165, 1.54) is 7.11 Å². The zero-order chi connectivity index (χ0) is 14.4. The van der Waals surface area contributed by atoms with Gasteiger partial charge < -0.3 is 19.8 Å². The lowest BCUT2D eigenvalue weighted by Gasteiger charge is -2.11. The molecule has 0 aliphatic carbocycles. The Balaban J connectivity index is 1.86.